The Morgan fingerprint density at radius 1 is 1.00 bits per heavy atom. The normalized spacial score (nSPS) is 10.9. The number of benzene rings is 2. The van der Waals surface area contributed by atoms with E-state index in [1.807, 2.05) is 57.2 Å². The van der Waals surface area contributed by atoms with Crippen molar-refractivity contribution in [1.82, 2.24) is 0 Å². The van der Waals surface area contributed by atoms with E-state index in [9.17, 15) is 4.79 Å². The van der Waals surface area contributed by atoms with Crippen LogP contribution in [0.4, 0.5) is 0 Å². The third-order valence-corrected chi connectivity index (χ3v) is 3.61. The zero-order valence-electron chi connectivity index (χ0n) is 13.0. The molecule has 1 aromatic heterocycles. The van der Waals surface area contributed by atoms with E-state index in [-0.39, 0.29) is 11.2 Å². The minimum atomic E-state index is -0.126. The summed E-state index contributed by atoms with van der Waals surface area (Å²) in [4.78, 5) is 12.7. The van der Waals surface area contributed by atoms with E-state index in [4.69, 9.17) is 9.15 Å². The predicted molar refractivity (Wildman–Crippen MR) is 88.6 cm³/mol. The van der Waals surface area contributed by atoms with Gasteiger partial charge in [0.2, 0.25) is 11.2 Å². The zero-order valence-corrected chi connectivity index (χ0v) is 13.0. The second-order valence-electron chi connectivity index (χ2n) is 5.39. The average Bonchev–Trinajstić information content (AvgIpc) is 2.50. The first-order valence-corrected chi connectivity index (χ1v) is 7.37. The Kier molecular flexibility index (Phi) is 3.72. The Bertz CT molecular complexity index is 874. The van der Waals surface area contributed by atoms with Gasteiger partial charge in [-0.25, -0.2) is 0 Å². The lowest BCUT2D eigenvalue weighted by Crippen LogP contribution is -2.10. The van der Waals surface area contributed by atoms with Crippen molar-refractivity contribution in [2.24, 2.45) is 0 Å². The molecule has 112 valence electrons. The van der Waals surface area contributed by atoms with E-state index in [1.165, 1.54) is 0 Å². The molecule has 3 rings (SSSR count). The molecule has 0 N–H and O–H groups in total. The van der Waals surface area contributed by atoms with E-state index < -0.39 is 0 Å². The Labute approximate surface area is 129 Å². The molecule has 0 aliphatic rings. The summed E-state index contributed by atoms with van der Waals surface area (Å²) in [5.41, 5.74) is 3.51. The smallest absolute Gasteiger partial charge is 0.235 e. The number of hydrogen-bond donors (Lipinski definition) is 0. The lowest BCUT2D eigenvalue weighted by molar-refractivity contribution is 0.330. The molecule has 3 nitrogen and oxygen atoms in total. The van der Waals surface area contributed by atoms with Gasteiger partial charge in [-0.1, -0.05) is 35.9 Å². The van der Waals surface area contributed by atoms with Crippen LogP contribution >= 0.6 is 0 Å². The van der Waals surface area contributed by atoms with E-state index in [0.717, 1.165) is 16.7 Å². The highest BCUT2D eigenvalue weighted by Gasteiger charge is 2.17. The molecule has 0 bridgehead atoms. The Morgan fingerprint density at radius 2 is 1.68 bits per heavy atom. The lowest BCUT2D eigenvalue weighted by atomic mass is 10.1. The van der Waals surface area contributed by atoms with Crippen LogP contribution in [0.25, 0.3) is 22.3 Å². The van der Waals surface area contributed by atoms with E-state index in [1.54, 1.807) is 6.07 Å². The van der Waals surface area contributed by atoms with E-state index in [2.05, 4.69) is 0 Å². The summed E-state index contributed by atoms with van der Waals surface area (Å²) in [5.74, 6) is 0.771. The van der Waals surface area contributed by atoms with Crippen LogP contribution in [0.3, 0.4) is 0 Å². The zero-order chi connectivity index (χ0) is 15.7. The first-order chi connectivity index (χ1) is 10.6. The highest BCUT2D eigenvalue weighted by molar-refractivity contribution is 5.82. The molecule has 0 spiro atoms. The quantitative estimate of drug-likeness (QED) is 0.715. The summed E-state index contributed by atoms with van der Waals surface area (Å²) in [6.07, 6.45) is 0. The number of aryl methyl sites for hydroxylation is 2. The van der Waals surface area contributed by atoms with Crippen molar-refractivity contribution < 1.29 is 9.15 Å². The Balaban J connectivity index is 2.33. The lowest BCUT2D eigenvalue weighted by Gasteiger charge is -2.11. The largest absolute Gasteiger partial charge is 0.487 e. The Hall–Kier alpha value is -2.55. The maximum Gasteiger partial charge on any atom is 0.235 e. The molecule has 0 aliphatic carbocycles. The van der Waals surface area contributed by atoms with Gasteiger partial charge in [0.05, 0.1) is 12.0 Å². The SMILES string of the molecule is CCOc1c(-c2ccc(C)cc2)oc2cc(C)ccc2c1=O. The molecular formula is C19H18O3. The fourth-order valence-electron chi connectivity index (χ4n) is 2.45. The molecule has 0 aliphatic heterocycles. The van der Waals surface area contributed by atoms with Gasteiger partial charge in [-0.3, -0.25) is 4.79 Å². The molecule has 0 fully saturated rings. The summed E-state index contributed by atoms with van der Waals surface area (Å²) in [7, 11) is 0. The fraction of sp³-hybridized carbons (Fsp3) is 0.211. The number of hydrogen-bond acceptors (Lipinski definition) is 3. The fourth-order valence-corrected chi connectivity index (χ4v) is 2.45. The van der Waals surface area contributed by atoms with Crippen molar-refractivity contribution in [1.29, 1.82) is 0 Å². The minimum absolute atomic E-state index is 0.126. The second kappa shape index (κ2) is 5.68. The van der Waals surface area contributed by atoms with Crippen LogP contribution in [-0.4, -0.2) is 6.61 Å². The first-order valence-electron chi connectivity index (χ1n) is 7.37. The van der Waals surface area contributed by atoms with Crippen molar-refractivity contribution in [2.75, 3.05) is 6.61 Å². The molecule has 0 unspecified atom stereocenters. The molecule has 0 saturated carbocycles. The van der Waals surface area contributed by atoms with Crippen LogP contribution in [0.5, 0.6) is 5.75 Å². The van der Waals surface area contributed by atoms with Gasteiger partial charge in [-0.05, 0) is 38.5 Å². The van der Waals surface area contributed by atoms with Crippen LogP contribution in [0.2, 0.25) is 0 Å². The summed E-state index contributed by atoms with van der Waals surface area (Å²) < 4.78 is 11.6. The van der Waals surface area contributed by atoms with Crippen molar-refractivity contribution in [3.63, 3.8) is 0 Å². The predicted octanol–water partition coefficient (Wildman–Crippen LogP) is 4.48. The van der Waals surface area contributed by atoms with E-state index >= 15 is 0 Å². The van der Waals surface area contributed by atoms with E-state index in [0.29, 0.717) is 23.3 Å². The van der Waals surface area contributed by atoms with Gasteiger partial charge >= 0.3 is 0 Å². The maximum absolute atomic E-state index is 12.7. The highest BCUT2D eigenvalue weighted by atomic mass is 16.5. The van der Waals surface area contributed by atoms with Crippen LogP contribution < -0.4 is 10.2 Å². The maximum atomic E-state index is 12.7. The van der Waals surface area contributed by atoms with Gasteiger partial charge < -0.3 is 9.15 Å². The number of fused-ring (bicyclic) bond motifs is 1. The molecule has 2 aromatic carbocycles. The van der Waals surface area contributed by atoms with Gasteiger partial charge in [0.1, 0.15) is 5.58 Å². The van der Waals surface area contributed by atoms with Crippen molar-refractivity contribution in [3.05, 3.63) is 63.8 Å². The first kappa shape index (κ1) is 14.4. The molecule has 0 radical (unpaired) electrons. The van der Waals surface area contributed by atoms with Gasteiger partial charge in [0.15, 0.2) is 5.76 Å². The van der Waals surface area contributed by atoms with Crippen molar-refractivity contribution >= 4 is 11.0 Å². The highest BCUT2D eigenvalue weighted by Crippen LogP contribution is 2.31. The topological polar surface area (TPSA) is 39.4 Å². The number of rotatable bonds is 3. The third kappa shape index (κ3) is 2.50. The van der Waals surface area contributed by atoms with Crippen LogP contribution in [-0.2, 0) is 0 Å². The molecular weight excluding hydrogens is 276 g/mol. The summed E-state index contributed by atoms with van der Waals surface area (Å²) >= 11 is 0. The second-order valence-corrected chi connectivity index (χ2v) is 5.39. The third-order valence-electron chi connectivity index (χ3n) is 3.61. The van der Waals surface area contributed by atoms with Crippen LogP contribution in [0, 0.1) is 13.8 Å². The molecule has 1 heterocycles. The standard InChI is InChI=1S/C19H18O3/c1-4-21-19-17(20)15-10-7-13(3)11-16(15)22-18(19)14-8-5-12(2)6-9-14/h5-11H,4H2,1-3H3. The molecule has 0 amide bonds. The molecule has 3 heteroatoms. The van der Waals surface area contributed by atoms with Crippen LogP contribution in [0.15, 0.2) is 51.7 Å². The molecule has 3 aromatic rings. The molecule has 0 saturated heterocycles. The van der Waals surface area contributed by atoms with Crippen LogP contribution in [0.1, 0.15) is 18.1 Å². The summed E-state index contributed by atoms with van der Waals surface area (Å²) in [6.45, 7) is 6.27. The van der Waals surface area contributed by atoms with Gasteiger partial charge in [-0.15, -0.1) is 0 Å². The molecule has 22 heavy (non-hydrogen) atoms. The van der Waals surface area contributed by atoms with Crippen molar-refractivity contribution in [3.8, 4) is 17.1 Å². The minimum Gasteiger partial charge on any atom is -0.487 e. The monoisotopic (exact) mass is 294 g/mol. The molecule has 0 atom stereocenters. The Morgan fingerprint density at radius 3 is 2.36 bits per heavy atom. The number of ether oxygens (including phenoxy) is 1. The van der Waals surface area contributed by atoms with Crippen molar-refractivity contribution in [2.45, 2.75) is 20.8 Å². The van der Waals surface area contributed by atoms with Gasteiger partial charge in [0, 0.05) is 5.56 Å². The average molecular weight is 294 g/mol. The van der Waals surface area contributed by atoms with Gasteiger partial charge in [-0.2, -0.15) is 0 Å². The summed E-state index contributed by atoms with van der Waals surface area (Å²) in [6, 6.07) is 13.4. The summed E-state index contributed by atoms with van der Waals surface area (Å²) in [5, 5.41) is 0.546. The van der Waals surface area contributed by atoms with Gasteiger partial charge in [0.25, 0.3) is 0 Å².